The van der Waals surface area contributed by atoms with Crippen molar-refractivity contribution in [2.45, 2.75) is 54.7 Å². The van der Waals surface area contributed by atoms with E-state index in [0.717, 1.165) is 42.6 Å². The molecule has 2 fully saturated rings. The van der Waals surface area contributed by atoms with Gasteiger partial charge in [0.05, 0.1) is 25.4 Å². The number of ether oxygens (including phenoxy) is 3. The van der Waals surface area contributed by atoms with Gasteiger partial charge in [-0.3, -0.25) is 9.69 Å². The topological polar surface area (TPSA) is 80.3 Å². The number of carbonyl (C=O) groups is 1. The maximum atomic E-state index is 12.2. The number of hydrogen-bond donors (Lipinski definition) is 2. The third-order valence-electron chi connectivity index (χ3n) is 7.07. The van der Waals surface area contributed by atoms with E-state index < -0.39 is 16.0 Å². The van der Waals surface area contributed by atoms with Gasteiger partial charge in [-0.1, -0.05) is 78.1 Å². The summed E-state index contributed by atoms with van der Waals surface area (Å²) in [5.74, 6) is -0.682. The molecule has 202 valence electrons. The molecule has 37 heavy (non-hydrogen) atoms. The standard InChI is InChI=1S/C27H33Cl3N2O5/c1-17-23(14-32-12-4-7-22(32)16-35-2)36-25(37-24(17)19-10-8-18(15-33)9-11-19)20-5-3-6-21(13-20)31-26(34)27(28,29)30/h3,5-6,8-11,13,17,22-25,33H,4,7,12,14-16H2,1-2H3,(H,31,34)/t17-,22+,23+,24+,25+/m1/s1. The average Bonchev–Trinajstić information content (AvgIpc) is 3.31. The molecule has 2 aromatic rings. The van der Waals surface area contributed by atoms with Gasteiger partial charge in [0.1, 0.15) is 0 Å². The number of methoxy groups -OCH3 is 1. The normalized spacial score (nSPS) is 26.8. The number of nitrogens with zero attached hydrogens (tertiary/aromatic N) is 1. The van der Waals surface area contributed by atoms with Gasteiger partial charge in [-0.2, -0.15) is 0 Å². The Bertz CT molecular complexity index is 1050. The molecule has 5 atom stereocenters. The molecule has 0 saturated carbocycles. The molecule has 2 N–H and O–H groups in total. The Morgan fingerprint density at radius 2 is 1.92 bits per heavy atom. The van der Waals surface area contributed by atoms with Crippen LogP contribution in [0, 0.1) is 5.92 Å². The Morgan fingerprint density at radius 3 is 2.59 bits per heavy atom. The van der Waals surface area contributed by atoms with Crippen LogP contribution in [0.4, 0.5) is 5.69 Å². The number of aliphatic hydroxyl groups is 1. The van der Waals surface area contributed by atoms with Crippen LogP contribution in [0.25, 0.3) is 0 Å². The second-order valence-corrected chi connectivity index (χ2v) is 11.9. The summed E-state index contributed by atoms with van der Waals surface area (Å²) in [5.41, 5.74) is 3.07. The number of amides is 1. The fraction of sp³-hybridized carbons (Fsp3) is 0.519. The monoisotopic (exact) mass is 570 g/mol. The summed E-state index contributed by atoms with van der Waals surface area (Å²) in [6.07, 6.45) is 1.21. The fourth-order valence-corrected chi connectivity index (χ4v) is 5.18. The Balaban J connectivity index is 1.60. The smallest absolute Gasteiger partial charge is 0.276 e. The van der Waals surface area contributed by atoms with Gasteiger partial charge >= 0.3 is 0 Å². The zero-order valence-electron chi connectivity index (χ0n) is 20.9. The predicted molar refractivity (Wildman–Crippen MR) is 145 cm³/mol. The van der Waals surface area contributed by atoms with Crippen molar-refractivity contribution in [3.05, 3.63) is 65.2 Å². The third-order valence-corrected chi connectivity index (χ3v) is 7.59. The summed E-state index contributed by atoms with van der Waals surface area (Å²) in [5, 5.41) is 12.1. The van der Waals surface area contributed by atoms with Gasteiger partial charge in [0, 0.05) is 36.9 Å². The van der Waals surface area contributed by atoms with Crippen LogP contribution in [0.15, 0.2) is 48.5 Å². The summed E-state index contributed by atoms with van der Waals surface area (Å²) >= 11 is 17.2. The van der Waals surface area contributed by atoms with Crippen molar-refractivity contribution in [3.8, 4) is 0 Å². The molecule has 0 unspecified atom stereocenters. The molecular weight excluding hydrogens is 539 g/mol. The number of carbonyl (C=O) groups excluding carboxylic acids is 1. The number of anilines is 1. The number of hydrogen-bond acceptors (Lipinski definition) is 6. The van der Waals surface area contributed by atoms with Crippen molar-refractivity contribution in [2.24, 2.45) is 5.92 Å². The van der Waals surface area contributed by atoms with E-state index in [-0.39, 0.29) is 24.7 Å². The summed E-state index contributed by atoms with van der Waals surface area (Å²) in [6, 6.07) is 15.3. The highest BCUT2D eigenvalue weighted by Crippen LogP contribution is 2.42. The maximum Gasteiger partial charge on any atom is 0.276 e. The van der Waals surface area contributed by atoms with Gasteiger partial charge in [0.25, 0.3) is 9.70 Å². The molecular formula is C27H33Cl3N2O5. The van der Waals surface area contributed by atoms with E-state index in [4.69, 9.17) is 49.0 Å². The quantitative estimate of drug-likeness (QED) is 0.414. The highest BCUT2D eigenvalue weighted by atomic mass is 35.6. The van der Waals surface area contributed by atoms with Crippen LogP contribution in [-0.4, -0.2) is 58.7 Å². The molecule has 0 spiro atoms. The van der Waals surface area contributed by atoms with E-state index in [9.17, 15) is 9.90 Å². The number of aliphatic hydroxyl groups excluding tert-OH is 1. The Labute approximate surface area is 232 Å². The second-order valence-electron chi connectivity index (χ2n) is 9.65. The highest BCUT2D eigenvalue weighted by Gasteiger charge is 2.40. The number of nitrogens with one attached hydrogen (secondary N) is 1. The summed E-state index contributed by atoms with van der Waals surface area (Å²) in [6.45, 7) is 4.57. The first-order valence-electron chi connectivity index (χ1n) is 12.4. The lowest BCUT2D eigenvalue weighted by atomic mass is 9.90. The average molecular weight is 572 g/mol. The van der Waals surface area contributed by atoms with Crippen LogP contribution in [-0.2, 0) is 25.6 Å². The second kappa shape index (κ2) is 12.6. The molecule has 2 aromatic carbocycles. The lowest BCUT2D eigenvalue weighted by Gasteiger charge is -2.43. The van der Waals surface area contributed by atoms with Crippen molar-refractivity contribution in [1.29, 1.82) is 0 Å². The summed E-state index contributed by atoms with van der Waals surface area (Å²) < 4.78 is 16.5. The Kier molecular flexibility index (Phi) is 9.75. The number of benzene rings is 2. The highest BCUT2D eigenvalue weighted by molar-refractivity contribution is 6.76. The van der Waals surface area contributed by atoms with E-state index >= 15 is 0 Å². The molecule has 2 aliphatic rings. The zero-order valence-corrected chi connectivity index (χ0v) is 23.2. The van der Waals surface area contributed by atoms with Crippen LogP contribution in [0.2, 0.25) is 0 Å². The summed E-state index contributed by atoms with van der Waals surface area (Å²) in [4.78, 5) is 14.6. The SMILES string of the molecule is COC[C@@H]1CCCN1C[C@@H]1O[C@H](c2cccc(NC(=O)C(Cl)(Cl)Cl)c2)O[C@H](c2ccc(CO)cc2)[C@@H]1C. The molecule has 0 aromatic heterocycles. The van der Waals surface area contributed by atoms with Crippen LogP contribution in [0.5, 0.6) is 0 Å². The molecule has 2 heterocycles. The number of likely N-dealkylation sites (tertiary alicyclic amines) is 1. The molecule has 0 aliphatic carbocycles. The minimum Gasteiger partial charge on any atom is -0.392 e. The number of rotatable bonds is 8. The Hall–Kier alpha value is -1.42. The van der Waals surface area contributed by atoms with E-state index in [1.807, 2.05) is 30.3 Å². The number of halogens is 3. The maximum absolute atomic E-state index is 12.2. The lowest BCUT2D eigenvalue weighted by molar-refractivity contribution is -0.276. The van der Waals surface area contributed by atoms with Crippen LogP contribution < -0.4 is 5.32 Å². The van der Waals surface area contributed by atoms with E-state index in [2.05, 4.69) is 17.1 Å². The first kappa shape index (κ1) is 28.6. The largest absolute Gasteiger partial charge is 0.392 e. The third kappa shape index (κ3) is 7.16. The molecule has 1 amide bonds. The van der Waals surface area contributed by atoms with Crippen LogP contribution in [0.3, 0.4) is 0 Å². The van der Waals surface area contributed by atoms with Crippen LogP contribution >= 0.6 is 34.8 Å². The van der Waals surface area contributed by atoms with Gasteiger partial charge in [-0.25, -0.2) is 0 Å². The van der Waals surface area contributed by atoms with E-state index in [1.54, 1.807) is 25.3 Å². The molecule has 2 saturated heterocycles. The minimum absolute atomic E-state index is 0.0156. The van der Waals surface area contributed by atoms with Gasteiger partial charge in [-0.05, 0) is 42.6 Å². The Morgan fingerprint density at radius 1 is 1.16 bits per heavy atom. The molecule has 10 heteroatoms. The van der Waals surface area contributed by atoms with Crippen molar-refractivity contribution < 1.29 is 24.1 Å². The van der Waals surface area contributed by atoms with Crippen molar-refractivity contribution in [2.75, 3.05) is 32.1 Å². The van der Waals surface area contributed by atoms with Gasteiger partial charge < -0.3 is 24.6 Å². The van der Waals surface area contributed by atoms with Gasteiger partial charge in [-0.15, -0.1) is 0 Å². The van der Waals surface area contributed by atoms with E-state index in [0.29, 0.717) is 18.3 Å². The van der Waals surface area contributed by atoms with Crippen molar-refractivity contribution in [1.82, 2.24) is 4.90 Å². The molecule has 2 aliphatic heterocycles. The molecule has 0 radical (unpaired) electrons. The molecule has 7 nitrogen and oxygen atoms in total. The fourth-order valence-electron chi connectivity index (χ4n) is 5.04. The minimum atomic E-state index is -2.07. The van der Waals surface area contributed by atoms with Crippen molar-refractivity contribution in [3.63, 3.8) is 0 Å². The molecule has 4 rings (SSSR count). The predicted octanol–water partition coefficient (Wildman–Crippen LogP) is 5.39. The first-order chi connectivity index (χ1) is 17.7. The van der Waals surface area contributed by atoms with Crippen molar-refractivity contribution >= 4 is 46.4 Å². The lowest BCUT2D eigenvalue weighted by Crippen LogP contribution is -2.46. The summed E-state index contributed by atoms with van der Waals surface area (Å²) in [7, 11) is 1.74. The van der Waals surface area contributed by atoms with Gasteiger partial charge in [0.2, 0.25) is 0 Å². The van der Waals surface area contributed by atoms with E-state index in [1.165, 1.54) is 0 Å². The first-order valence-corrected chi connectivity index (χ1v) is 13.5. The van der Waals surface area contributed by atoms with Crippen LogP contribution in [0.1, 0.15) is 48.8 Å². The molecule has 0 bridgehead atoms. The zero-order chi connectivity index (χ0) is 26.6. The van der Waals surface area contributed by atoms with Gasteiger partial charge in [0.15, 0.2) is 6.29 Å². The number of alkyl halides is 3.